The van der Waals surface area contributed by atoms with Gasteiger partial charge >= 0.3 is 0 Å². The minimum Gasteiger partial charge on any atom is -0.0984 e. The lowest BCUT2D eigenvalue weighted by molar-refractivity contribution is 0.793. The molecule has 62 heavy (non-hydrogen) atoms. The lowest BCUT2D eigenvalue weighted by atomic mass is 9.67. The SMILES string of the molecule is C=Cc1c(/C=C\C)cc(-c2c(C=C)c(C=C)c(-c3ccc4c5c(ccc4c3)-c3ccc4c(c3C53c5ccccc5-c5ccccc53)C=CCC4)c3ccccc23)c(C=C)c1C=C. The van der Waals surface area contributed by atoms with Gasteiger partial charge in [-0.3, -0.25) is 0 Å². The van der Waals surface area contributed by atoms with Crippen molar-refractivity contribution < 1.29 is 0 Å². The minimum absolute atomic E-state index is 0.456. The van der Waals surface area contributed by atoms with Gasteiger partial charge in [-0.15, -0.1) is 0 Å². The number of fused-ring (bicyclic) bond motifs is 15. The highest BCUT2D eigenvalue weighted by Gasteiger charge is 2.53. The maximum absolute atomic E-state index is 4.46. The van der Waals surface area contributed by atoms with E-state index in [2.05, 4.69) is 179 Å². The first-order chi connectivity index (χ1) is 30.5. The van der Waals surface area contributed by atoms with Crippen LogP contribution in [0.2, 0.25) is 0 Å². The molecule has 0 bridgehead atoms. The topological polar surface area (TPSA) is 0 Å². The van der Waals surface area contributed by atoms with Gasteiger partial charge in [0.1, 0.15) is 0 Å². The van der Waals surface area contributed by atoms with Crippen molar-refractivity contribution in [1.82, 2.24) is 0 Å². The lowest BCUT2D eigenvalue weighted by Crippen LogP contribution is -2.27. The van der Waals surface area contributed by atoms with Gasteiger partial charge in [0.2, 0.25) is 0 Å². The van der Waals surface area contributed by atoms with E-state index >= 15 is 0 Å². The second-order valence-electron chi connectivity index (χ2n) is 16.7. The van der Waals surface area contributed by atoms with E-state index in [1.165, 1.54) is 66.4 Å². The predicted molar refractivity (Wildman–Crippen MR) is 271 cm³/mol. The van der Waals surface area contributed by atoms with Gasteiger partial charge in [-0.05, 0) is 165 Å². The summed E-state index contributed by atoms with van der Waals surface area (Å²) in [6.45, 7) is 23.7. The van der Waals surface area contributed by atoms with E-state index in [0.717, 1.165) is 79.2 Å². The van der Waals surface area contributed by atoms with Crippen molar-refractivity contribution >= 4 is 64.1 Å². The largest absolute Gasteiger partial charge is 0.0984 e. The van der Waals surface area contributed by atoms with E-state index in [4.69, 9.17) is 0 Å². The van der Waals surface area contributed by atoms with Gasteiger partial charge in [0.15, 0.2) is 0 Å². The summed E-state index contributed by atoms with van der Waals surface area (Å²) in [5.74, 6) is 0. The zero-order valence-corrected chi connectivity index (χ0v) is 35.2. The third-order valence-electron chi connectivity index (χ3n) is 13.9. The van der Waals surface area contributed by atoms with Crippen LogP contribution in [-0.4, -0.2) is 0 Å². The maximum Gasteiger partial charge on any atom is 0.0737 e. The second-order valence-corrected chi connectivity index (χ2v) is 16.7. The Balaban J connectivity index is 1.21. The number of aryl methyl sites for hydroxylation is 1. The average Bonchev–Trinajstić information content (AvgIpc) is 3.80. The van der Waals surface area contributed by atoms with Crippen molar-refractivity contribution in [2.45, 2.75) is 25.2 Å². The summed E-state index contributed by atoms with van der Waals surface area (Å²) < 4.78 is 0. The summed E-state index contributed by atoms with van der Waals surface area (Å²) in [5.41, 5.74) is 23.9. The zero-order chi connectivity index (χ0) is 42.3. The molecule has 0 saturated carbocycles. The van der Waals surface area contributed by atoms with Crippen molar-refractivity contribution in [3.05, 3.63) is 233 Å². The van der Waals surface area contributed by atoms with E-state index in [1.54, 1.807) is 0 Å². The molecule has 0 radical (unpaired) electrons. The monoisotopic (exact) mass is 790 g/mol. The maximum atomic E-state index is 4.46. The number of hydrogen-bond acceptors (Lipinski definition) is 0. The van der Waals surface area contributed by atoms with Crippen molar-refractivity contribution in [2.24, 2.45) is 0 Å². The van der Waals surface area contributed by atoms with Gasteiger partial charge in [-0.2, -0.15) is 0 Å². The summed E-state index contributed by atoms with van der Waals surface area (Å²) in [5, 5.41) is 4.78. The van der Waals surface area contributed by atoms with Crippen LogP contribution in [0, 0.1) is 0 Å². The van der Waals surface area contributed by atoms with Gasteiger partial charge in [-0.1, -0.05) is 197 Å². The Labute approximate surface area is 365 Å². The van der Waals surface area contributed by atoms with Crippen molar-refractivity contribution in [3.8, 4) is 44.5 Å². The lowest BCUT2D eigenvalue weighted by Gasteiger charge is -2.33. The van der Waals surface area contributed by atoms with E-state index in [1.807, 2.05) is 37.3 Å². The highest BCUT2D eigenvalue weighted by molar-refractivity contribution is 6.14. The average molecular weight is 791 g/mol. The molecule has 11 rings (SSSR count). The number of hydrogen-bond donors (Lipinski definition) is 0. The van der Waals surface area contributed by atoms with Gasteiger partial charge < -0.3 is 0 Å². The third-order valence-corrected chi connectivity index (χ3v) is 13.9. The second kappa shape index (κ2) is 14.3. The predicted octanol–water partition coefficient (Wildman–Crippen LogP) is 16.9. The molecule has 1 spiro atoms. The Morgan fingerprint density at radius 1 is 0.500 bits per heavy atom. The van der Waals surface area contributed by atoms with Crippen molar-refractivity contribution in [2.75, 3.05) is 0 Å². The molecule has 0 atom stereocenters. The van der Waals surface area contributed by atoms with Crippen LogP contribution >= 0.6 is 0 Å². The molecule has 0 fully saturated rings. The molecule has 3 aliphatic carbocycles. The summed E-state index contributed by atoms with van der Waals surface area (Å²) in [7, 11) is 0. The van der Waals surface area contributed by atoms with Crippen LogP contribution in [0.3, 0.4) is 0 Å². The summed E-state index contributed by atoms with van der Waals surface area (Å²) in [6.07, 6.45) is 20.9. The molecule has 0 nitrogen and oxygen atoms in total. The van der Waals surface area contributed by atoms with Crippen LogP contribution in [-0.2, 0) is 11.8 Å². The number of allylic oxidation sites excluding steroid dienone is 2. The zero-order valence-electron chi connectivity index (χ0n) is 35.2. The Bertz CT molecular complexity index is 3340. The third kappa shape index (κ3) is 4.90. The molecule has 294 valence electrons. The van der Waals surface area contributed by atoms with Crippen LogP contribution in [0.15, 0.2) is 166 Å². The quantitative estimate of drug-likeness (QED) is 0.144. The smallest absolute Gasteiger partial charge is 0.0737 e. The van der Waals surface area contributed by atoms with Crippen LogP contribution in [0.4, 0.5) is 0 Å². The molecule has 0 N–H and O–H groups in total. The van der Waals surface area contributed by atoms with E-state index in [0.29, 0.717) is 0 Å². The first-order valence-corrected chi connectivity index (χ1v) is 21.7. The van der Waals surface area contributed by atoms with Crippen molar-refractivity contribution in [3.63, 3.8) is 0 Å². The first-order valence-electron chi connectivity index (χ1n) is 21.7. The molecule has 0 heterocycles. The molecule has 0 saturated heterocycles. The Morgan fingerprint density at radius 3 is 1.79 bits per heavy atom. The molecule has 0 amide bonds. The van der Waals surface area contributed by atoms with Crippen LogP contribution < -0.4 is 0 Å². The first kappa shape index (κ1) is 37.5. The van der Waals surface area contributed by atoms with E-state index < -0.39 is 5.41 Å². The van der Waals surface area contributed by atoms with E-state index in [-0.39, 0.29) is 0 Å². The summed E-state index contributed by atoms with van der Waals surface area (Å²) in [4.78, 5) is 0. The molecule has 8 aromatic carbocycles. The highest BCUT2D eigenvalue weighted by Crippen LogP contribution is 2.65. The Hall–Kier alpha value is -7.54. The summed E-state index contributed by atoms with van der Waals surface area (Å²) in [6, 6.07) is 46.0. The van der Waals surface area contributed by atoms with Gasteiger partial charge in [0, 0.05) is 0 Å². The Morgan fingerprint density at radius 2 is 1.11 bits per heavy atom. The standard InChI is InChI=1S/C62H46/c1-7-21-39-37-55(44(10-4)43(9-3)42(39)8-2)59-46(12-6)45(11-5)58(51-26-15-16-27-52(51)59)41-32-33-48-40(36-41)31-35-54-53-34-30-38-22-13-14-23-47(38)60(53)62(61(48)54)56-28-19-17-24-49(56)50-25-18-20-29-57(50)62/h7-12,14-21,23-37H,2-6,13,22H2,1H3/b21-7-. The molecule has 0 aliphatic heterocycles. The normalized spacial score (nSPS) is 13.8. The fraction of sp³-hybridized carbons (Fsp3) is 0.0645. The number of benzene rings is 8. The van der Waals surface area contributed by atoms with Gasteiger partial charge in [0.25, 0.3) is 0 Å². The summed E-state index contributed by atoms with van der Waals surface area (Å²) >= 11 is 0. The molecule has 0 aromatic heterocycles. The fourth-order valence-corrected chi connectivity index (χ4v) is 11.6. The molecular formula is C62H46. The van der Waals surface area contributed by atoms with Crippen LogP contribution in [0.1, 0.15) is 80.1 Å². The van der Waals surface area contributed by atoms with Crippen molar-refractivity contribution in [1.29, 1.82) is 0 Å². The number of rotatable bonds is 8. The Kier molecular flexibility index (Phi) is 8.63. The van der Waals surface area contributed by atoms with Crippen LogP contribution in [0.5, 0.6) is 0 Å². The van der Waals surface area contributed by atoms with E-state index in [9.17, 15) is 0 Å². The molecule has 0 heteroatoms. The van der Waals surface area contributed by atoms with Crippen LogP contribution in [0.25, 0.3) is 109 Å². The fourth-order valence-electron chi connectivity index (χ4n) is 11.6. The molecular weight excluding hydrogens is 745 g/mol. The van der Waals surface area contributed by atoms with Gasteiger partial charge in [-0.25, -0.2) is 0 Å². The molecule has 0 unspecified atom stereocenters. The molecule has 3 aliphatic rings. The highest BCUT2D eigenvalue weighted by atomic mass is 14.5. The van der Waals surface area contributed by atoms with Gasteiger partial charge in [0.05, 0.1) is 5.41 Å². The molecule has 8 aromatic rings. The minimum atomic E-state index is -0.456.